The van der Waals surface area contributed by atoms with Gasteiger partial charge in [-0.3, -0.25) is 4.79 Å². The van der Waals surface area contributed by atoms with Gasteiger partial charge in [0.15, 0.2) is 11.4 Å². The molecule has 1 N–H and O–H groups in total. The summed E-state index contributed by atoms with van der Waals surface area (Å²) in [4.78, 5) is 21.8. The summed E-state index contributed by atoms with van der Waals surface area (Å²) in [7, 11) is 1.67. The number of imidazole rings is 1. The molecule has 0 spiro atoms. The fourth-order valence-corrected chi connectivity index (χ4v) is 5.82. The van der Waals surface area contributed by atoms with Crippen LogP contribution in [-0.2, 0) is 14.3 Å². The Morgan fingerprint density at radius 3 is 2.96 bits per heavy atom. The molecule has 138 valence electrons. The lowest BCUT2D eigenvalue weighted by Crippen LogP contribution is -2.40. The van der Waals surface area contributed by atoms with Crippen molar-refractivity contribution in [3.05, 3.63) is 21.1 Å². The van der Waals surface area contributed by atoms with E-state index >= 15 is 0 Å². The monoisotopic (exact) mass is 488 g/mol. The number of halogens is 2. The zero-order chi connectivity index (χ0) is 18.4. The molecular formula is C17H18ClIN4O3. The highest BCUT2D eigenvalue weighted by atomic mass is 127. The van der Waals surface area contributed by atoms with E-state index in [1.54, 1.807) is 19.4 Å². The molecule has 26 heavy (non-hydrogen) atoms. The molecule has 2 saturated carbocycles. The molecule has 0 aromatic carbocycles. The Balaban J connectivity index is 1.65. The van der Waals surface area contributed by atoms with Crippen LogP contribution in [0.3, 0.4) is 0 Å². The second-order valence-corrected chi connectivity index (χ2v) is 9.20. The molecule has 5 rings (SSSR count). The van der Waals surface area contributed by atoms with Crippen LogP contribution in [0, 0.1) is 15.0 Å². The predicted octanol–water partition coefficient (Wildman–Crippen LogP) is 2.52. The van der Waals surface area contributed by atoms with E-state index in [4.69, 9.17) is 21.1 Å². The maximum atomic E-state index is 12.7. The number of nitrogens with zero attached hydrogens (tertiary/aromatic N) is 3. The third-order valence-corrected chi connectivity index (χ3v) is 6.71. The van der Waals surface area contributed by atoms with E-state index in [1.807, 2.05) is 18.4 Å². The minimum absolute atomic E-state index is 0.0197. The number of carbonyl (C=O) groups is 1. The lowest BCUT2D eigenvalue weighted by molar-refractivity contribution is -0.164. The Morgan fingerprint density at radius 1 is 1.46 bits per heavy atom. The van der Waals surface area contributed by atoms with Gasteiger partial charge in [0, 0.05) is 13.0 Å². The van der Waals surface area contributed by atoms with E-state index in [0.29, 0.717) is 10.5 Å². The van der Waals surface area contributed by atoms with Crippen molar-refractivity contribution in [3.63, 3.8) is 0 Å². The lowest BCUT2D eigenvalue weighted by Gasteiger charge is -2.24. The molecule has 9 heteroatoms. The molecule has 1 saturated heterocycles. The molecule has 5 atom stereocenters. The molecule has 3 aliphatic rings. The number of amides is 1. The molecular weight excluding hydrogens is 471 g/mol. The van der Waals surface area contributed by atoms with Gasteiger partial charge < -0.3 is 19.4 Å². The number of nitrogens with one attached hydrogen (secondary N) is 1. The minimum Gasteiger partial charge on any atom is -0.359 e. The first-order valence-electron chi connectivity index (χ1n) is 8.55. The summed E-state index contributed by atoms with van der Waals surface area (Å²) in [5, 5.41) is 3.39. The van der Waals surface area contributed by atoms with E-state index in [-0.39, 0.29) is 30.1 Å². The number of rotatable bonds is 2. The van der Waals surface area contributed by atoms with Crippen molar-refractivity contribution in [2.24, 2.45) is 11.3 Å². The van der Waals surface area contributed by atoms with E-state index in [1.165, 1.54) is 0 Å². The van der Waals surface area contributed by atoms with Crippen molar-refractivity contribution in [1.82, 2.24) is 19.9 Å². The quantitative estimate of drug-likeness (QED) is 0.519. The van der Waals surface area contributed by atoms with Gasteiger partial charge in [-0.15, -0.1) is 0 Å². The molecule has 2 aliphatic carbocycles. The molecule has 3 heterocycles. The predicted molar refractivity (Wildman–Crippen MR) is 103 cm³/mol. The van der Waals surface area contributed by atoms with Crippen LogP contribution in [0.25, 0.3) is 11.2 Å². The minimum atomic E-state index is -0.724. The summed E-state index contributed by atoms with van der Waals surface area (Å²) in [6, 6.07) is 1.73. The molecule has 0 bridgehead atoms. The average Bonchev–Trinajstić information content (AvgIpc) is 2.88. The second kappa shape index (κ2) is 5.30. The van der Waals surface area contributed by atoms with Gasteiger partial charge in [0.25, 0.3) is 0 Å². The first-order valence-corrected chi connectivity index (χ1v) is 10.0. The summed E-state index contributed by atoms with van der Waals surface area (Å²) in [6.45, 7) is 3.78. The average molecular weight is 489 g/mol. The molecule has 3 fully saturated rings. The van der Waals surface area contributed by atoms with Crippen molar-refractivity contribution in [2.75, 3.05) is 7.05 Å². The lowest BCUT2D eigenvalue weighted by atomic mass is 9.98. The normalized spacial score (nSPS) is 36.8. The SMILES string of the molecule is CNC(=O)[C@]12CC1[C@@H](n1cnc3c(Cl)cc(I)nc31)[C@@H]1OC(C)(C)O[C@@H]12. The highest BCUT2D eigenvalue weighted by molar-refractivity contribution is 14.1. The Bertz CT molecular complexity index is 947. The van der Waals surface area contributed by atoms with Crippen LogP contribution < -0.4 is 5.32 Å². The number of ether oxygens (including phenoxy) is 2. The summed E-state index contributed by atoms with van der Waals surface area (Å²) < 4.78 is 15.2. The van der Waals surface area contributed by atoms with Gasteiger partial charge in [0.05, 0.1) is 22.8 Å². The molecule has 0 radical (unpaired) electrons. The van der Waals surface area contributed by atoms with Crippen molar-refractivity contribution in [2.45, 2.75) is 44.3 Å². The second-order valence-electron chi connectivity index (χ2n) is 7.69. The third-order valence-electron chi connectivity index (χ3n) is 5.87. The van der Waals surface area contributed by atoms with Gasteiger partial charge in [-0.2, -0.15) is 0 Å². The van der Waals surface area contributed by atoms with Crippen LogP contribution in [0.4, 0.5) is 0 Å². The Hall–Kier alpha value is -0.970. The highest BCUT2D eigenvalue weighted by Crippen LogP contribution is 2.71. The topological polar surface area (TPSA) is 78.3 Å². The molecule has 2 aromatic rings. The number of fused-ring (bicyclic) bond motifs is 4. The zero-order valence-electron chi connectivity index (χ0n) is 14.5. The third kappa shape index (κ3) is 2.10. The van der Waals surface area contributed by atoms with E-state index in [0.717, 1.165) is 15.8 Å². The molecule has 1 unspecified atom stereocenters. The standard InChI is InChI=1S/C17H18ClIN4O3/c1-16(2)25-12-11(7-5-17(7,13(12)26-16)15(24)20-3)23-6-21-10-8(18)4-9(19)22-14(10)23/h4,6-7,11-13H,5H2,1-3H3,(H,20,24)/t7?,11-,12+,13+,17-/m1/s1. The van der Waals surface area contributed by atoms with Crippen molar-refractivity contribution < 1.29 is 14.3 Å². The van der Waals surface area contributed by atoms with Crippen LogP contribution in [0.1, 0.15) is 26.3 Å². The van der Waals surface area contributed by atoms with Gasteiger partial charge in [-0.1, -0.05) is 11.6 Å². The summed E-state index contributed by atoms with van der Waals surface area (Å²) >= 11 is 8.49. The molecule has 2 aromatic heterocycles. The fourth-order valence-electron chi connectivity index (χ4n) is 4.86. The fraction of sp³-hybridized carbons (Fsp3) is 0.588. The summed E-state index contributed by atoms with van der Waals surface area (Å²) in [6.07, 6.45) is 2.03. The summed E-state index contributed by atoms with van der Waals surface area (Å²) in [5.41, 5.74) is 0.846. The first kappa shape index (κ1) is 17.2. The number of aromatic nitrogens is 3. The number of pyridine rings is 1. The van der Waals surface area contributed by atoms with Crippen LogP contribution in [0.15, 0.2) is 12.4 Å². The van der Waals surface area contributed by atoms with Gasteiger partial charge in [0.1, 0.15) is 21.4 Å². The first-order chi connectivity index (χ1) is 12.3. The van der Waals surface area contributed by atoms with Crippen molar-refractivity contribution >= 4 is 51.3 Å². The Morgan fingerprint density at radius 2 is 2.23 bits per heavy atom. The van der Waals surface area contributed by atoms with Gasteiger partial charge in [-0.25, -0.2) is 9.97 Å². The molecule has 1 aliphatic heterocycles. The summed E-state index contributed by atoms with van der Waals surface area (Å²) in [5.74, 6) is -0.575. The van der Waals surface area contributed by atoms with Crippen LogP contribution in [-0.4, -0.2) is 45.5 Å². The van der Waals surface area contributed by atoms with Crippen molar-refractivity contribution in [1.29, 1.82) is 0 Å². The van der Waals surface area contributed by atoms with Gasteiger partial charge in [0.2, 0.25) is 5.91 Å². The number of hydrogen-bond donors (Lipinski definition) is 1. The van der Waals surface area contributed by atoms with Crippen LogP contribution in [0.5, 0.6) is 0 Å². The van der Waals surface area contributed by atoms with Crippen LogP contribution in [0.2, 0.25) is 5.02 Å². The van der Waals surface area contributed by atoms with Crippen LogP contribution >= 0.6 is 34.2 Å². The number of hydrogen-bond acceptors (Lipinski definition) is 5. The smallest absolute Gasteiger partial charge is 0.229 e. The number of carbonyl (C=O) groups excluding carboxylic acids is 1. The Kier molecular flexibility index (Phi) is 3.50. The van der Waals surface area contributed by atoms with Gasteiger partial charge >= 0.3 is 0 Å². The maximum absolute atomic E-state index is 12.7. The maximum Gasteiger partial charge on any atom is 0.229 e. The van der Waals surface area contributed by atoms with Crippen molar-refractivity contribution in [3.8, 4) is 0 Å². The highest BCUT2D eigenvalue weighted by Gasteiger charge is 2.79. The van der Waals surface area contributed by atoms with E-state index in [2.05, 4.69) is 37.9 Å². The van der Waals surface area contributed by atoms with Gasteiger partial charge in [-0.05, 0) is 48.9 Å². The molecule has 1 amide bonds. The zero-order valence-corrected chi connectivity index (χ0v) is 17.4. The van der Waals surface area contributed by atoms with E-state index < -0.39 is 11.2 Å². The largest absolute Gasteiger partial charge is 0.359 e. The molecule has 7 nitrogen and oxygen atoms in total. The Labute approximate surface area is 168 Å². The van der Waals surface area contributed by atoms with E-state index in [9.17, 15) is 4.79 Å².